The fourth-order valence-corrected chi connectivity index (χ4v) is 1.64. The van der Waals surface area contributed by atoms with Crippen LogP contribution in [0, 0.1) is 12.7 Å². The lowest BCUT2D eigenvalue weighted by molar-refractivity contribution is -0.121. The van der Waals surface area contributed by atoms with Crippen molar-refractivity contribution in [2.24, 2.45) is 5.73 Å². The maximum atomic E-state index is 12.9. The van der Waals surface area contributed by atoms with E-state index in [4.69, 9.17) is 5.73 Å². The molecule has 17 heavy (non-hydrogen) atoms. The Morgan fingerprint density at radius 2 is 2.24 bits per heavy atom. The van der Waals surface area contributed by atoms with E-state index in [1.807, 2.05) is 6.92 Å². The summed E-state index contributed by atoms with van der Waals surface area (Å²) in [5.41, 5.74) is 7.47. The Balaban J connectivity index is 2.38. The number of hydrogen-bond acceptors (Lipinski definition) is 2. The molecule has 1 amide bonds. The minimum atomic E-state index is -0.229. The fourth-order valence-electron chi connectivity index (χ4n) is 1.64. The second-order valence-corrected chi connectivity index (χ2v) is 4.35. The van der Waals surface area contributed by atoms with Crippen LogP contribution in [0.25, 0.3) is 0 Å². The second kappa shape index (κ2) is 6.35. The van der Waals surface area contributed by atoms with Crippen molar-refractivity contribution in [3.8, 4) is 0 Å². The van der Waals surface area contributed by atoms with Gasteiger partial charge in [-0.25, -0.2) is 4.39 Å². The van der Waals surface area contributed by atoms with E-state index in [0.717, 1.165) is 11.1 Å². The van der Waals surface area contributed by atoms with E-state index in [2.05, 4.69) is 5.32 Å². The van der Waals surface area contributed by atoms with E-state index < -0.39 is 0 Å². The van der Waals surface area contributed by atoms with Crippen molar-refractivity contribution in [3.05, 3.63) is 35.1 Å². The molecule has 0 radical (unpaired) electrons. The van der Waals surface area contributed by atoms with Crippen molar-refractivity contribution in [2.45, 2.75) is 32.7 Å². The number of amides is 1. The van der Waals surface area contributed by atoms with Gasteiger partial charge in [0.15, 0.2) is 0 Å². The monoisotopic (exact) mass is 238 g/mol. The molecule has 0 aliphatic carbocycles. The van der Waals surface area contributed by atoms with Crippen LogP contribution < -0.4 is 11.1 Å². The highest BCUT2D eigenvalue weighted by Crippen LogP contribution is 2.10. The van der Waals surface area contributed by atoms with Crippen LogP contribution in [-0.4, -0.2) is 18.5 Å². The van der Waals surface area contributed by atoms with Crippen molar-refractivity contribution >= 4 is 5.91 Å². The molecule has 3 N–H and O–H groups in total. The molecule has 0 heterocycles. The highest BCUT2D eigenvalue weighted by atomic mass is 19.1. The average molecular weight is 238 g/mol. The summed E-state index contributed by atoms with van der Waals surface area (Å²) >= 11 is 0. The molecule has 1 aromatic rings. The summed E-state index contributed by atoms with van der Waals surface area (Å²) in [6.45, 7) is 4.21. The number of nitrogens with two attached hydrogens (primary N) is 1. The maximum absolute atomic E-state index is 12.9. The number of halogens is 1. The molecule has 1 aromatic carbocycles. The number of benzene rings is 1. The van der Waals surface area contributed by atoms with Crippen molar-refractivity contribution in [3.63, 3.8) is 0 Å². The van der Waals surface area contributed by atoms with Gasteiger partial charge in [-0.1, -0.05) is 6.07 Å². The molecule has 0 spiro atoms. The van der Waals surface area contributed by atoms with Gasteiger partial charge in [0, 0.05) is 19.0 Å². The molecule has 0 aliphatic heterocycles. The summed E-state index contributed by atoms with van der Waals surface area (Å²) < 4.78 is 12.9. The molecule has 1 atom stereocenters. The molecule has 3 nitrogen and oxygen atoms in total. The molecule has 94 valence electrons. The van der Waals surface area contributed by atoms with E-state index in [-0.39, 0.29) is 17.8 Å². The van der Waals surface area contributed by atoms with Gasteiger partial charge in [-0.05, 0) is 43.5 Å². The predicted molar refractivity (Wildman–Crippen MR) is 66.1 cm³/mol. The van der Waals surface area contributed by atoms with Gasteiger partial charge in [-0.3, -0.25) is 4.79 Å². The lowest BCUT2D eigenvalue weighted by Gasteiger charge is -2.09. The van der Waals surface area contributed by atoms with E-state index in [9.17, 15) is 9.18 Å². The zero-order valence-corrected chi connectivity index (χ0v) is 10.3. The molecular weight excluding hydrogens is 219 g/mol. The first-order valence-electron chi connectivity index (χ1n) is 5.76. The zero-order valence-electron chi connectivity index (χ0n) is 10.3. The molecule has 1 unspecified atom stereocenters. The SMILES string of the molecule is Cc1cc(F)ccc1CCNC(=O)CC(C)N. The standard InChI is InChI=1S/C13H19FN2O/c1-9-7-12(14)4-3-11(9)5-6-16-13(17)8-10(2)15/h3-4,7,10H,5-6,8,15H2,1-2H3,(H,16,17). The Kier molecular flexibility index (Phi) is 5.10. The minimum Gasteiger partial charge on any atom is -0.356 e. The Bertz CT molecular complexity index is 391. The first-order chi connectivity index (χ1) is 7.99. The van der Waals surface area contributed by atoms with Gasteiger partial charge >= 0.3 is 0 Å². The van der Waals surface area contributed by atoms with Gasteiger partial charge in [0.1, 0.15) is 5.82 Å². The predicted octanol–water partition coefficient (Wildman–Crippen LogP) is 1.53. The second-order valence-electron chi connectivity index (χ2n) is 4.35. The third-order valence-electron chi connectivity index (χ3n) is 2.53. The summed E-state index contributed by atoms with van der Waals surface area (Å²) in [6, 6.07) is 4.57. The van der Waals surface area contributed by atoms with Crippen molar-refractivity contribution in [1.29, 1.82) is 0 Å². The van der Waals surface area contributed by atoms with Crippen LogP contribution in [0.3, 0.4) is 0 Å². The van der Waals surface area contributed by atoms with Crippen LogP contribution in [0.1, 0.15) is 24.5 Å². The maximum Gasteiger partial charge on any atom is 0.221 e. The van der Waals surface area contributed by atoms with Gasteiger partial charge in [-0.15, -0.1) is 0 Å². The van der Waals surface area contributed by atoms with E-state index >= 15 is 0 Å². The van der Waals surface area contributed by atoms with Crippen molar-refractivity contribution in [1.82, 2.24) is 5.32 Å². The third-order valence-corrected chi connectivity index (χ3v) is 2.53. The van der Waals surface area contributed by atoms with Gasteiger partial charge in [-0.2, -0.15) is 0 Å². The summed E-state index contributed by atoms with van der Waals surface area (Å²) in [5.74, 6) is -0.271. The zero-order chi connectivity index (χ0) is 12.8. The lowest BCUT2D eigenvalue weighted by Crippen LogP contribution is -2.31. The number of aryl methyl sites for hydroxylation is 1. The van der Waals surface area contributed by atoms with Crippen LogP contribution in [0.2, 0.25) is 0 Å². The topological polar surface area (TPSA) is 55.1 Å². The van der Waals surface area contributed by atoms with Crippen LogP contribution >= 0.6 is 0 Å². The quantitative estimate of drug-likeness (QED) is 0.817. The van der Waals surface area contributed by atoms with Crippen molar-refractivity contribution < 1.29 is 9.18 Å². The number of carbonyl (C=O) groups excluding carboxylic acids is 1. The minimum absolute atomic E-state index is 0.0419. The van der Waals surface area contributed by atoms with Crippen LogP contribution in [0.15, 0.2) is 18.2 Å². The molecule has 0 fully saturated rings. The summed E-state index contributed by atoms with van der Waals surface area (Å²) in [5, 5.41) is 2.79. The normalized spacial score (nSPS) is 12.2. The molecule has 4 heteroatoms. The number of rotatable bonds is 5. The molecule has 1 rings (SSSR count). The third kappa shape index (κ3) is 4.95. The van der Waals surface area contributed by atoms with Gasteiger partial charge < -0.3 is 11.1 Å². The van der Waals surface area contributed by atoms with E-state index in [1.54, 1.807) is 13.0 Å². The van der Waals surface area contributed by atoms with E-state index in [0.29, 0.717) is 19.4 Å². The van der Waals surface area contributed by atoms with Crippen LogP contribution in [0.4, 0.5) is 4.39 Å². The summed E-state index contributed by atoms with van der Waals surface area (Å²) in [7, 11) is 0. The Labute approximate surface area is 101 Å². The first-order valence-corrected chi connectivity index (χ1v) is 5.76. The lowest BCUT2D eigenvalue weighted by atomic mass is 10.1. The number of nitrogens with one attached hydrogen (secondary N) is 1. The Hall–Kier alpha value is -1.42. The van der Waals surface area contributed by atoms with Gasteiger partial charge in [0.25, 0.3) is 0 Å². The van der Waals surface area contributed by atoms with Crippen LogP contribution in [-0.2, 0) is 11.2 Å². The summed E-state index contributed by atoms with van der Waals surface area (Å²) in [6.07, 6.45) is 1.04. The fraction of sp³-hybridized carbons (Fsp3) is 0.462. The molecular formula is C13H19FN2O. The number of hydrogen-bond donors (Lipinski definition) is 2. The van der Waals surface area contributed by atoms with Gasteiger partial charge in [0.2, 0.25) is 5.91 Å². The molecule has 0 aromatic heterocycles. The highest BCUT2D eigenvalue weighted by molar-refractivity contribution is 5.76. The molecule has 0 bridgehead atoms. The highest BCUT2D eigenvalue weighted by Gasteiger charge is 2.05. The largest absolute Gasteiger partial charge is 0.356 e. The molecule has 0 saturated carbocycles. The Morgan fingerprint density at radius 3 is 2.82 bits per heavy atom. The van der Waals surface area contributed by atoms with E-state index in [1.165, 1.54) is 12.1 Å². The van der Waals surface area contributed by atoms with Gasteiger partial charge in [0.05, 0.1) is 0 Å². The van der Waals surface area contributed by atoms with Crippen LogP contribution in [0.5, 0.6) is 0 Å². The Morgan fingerprint density at radius 1 is 1.53 bits per heavy atom. The smallest absolute Gasteiger partial charge is 0.221 e. The summed E-state index contributed by atoms with van der Waals surface area (Å²) in [4.78, 5) is 11.3. The first kappa shape index (κ1) is 13.6. The number of carbonyl (C=O) groups is 1. The average Bonchev–Trinajstić information content (AvgIpc) is 2.20. The van der Waals surface area contributed by atoms with Crippen molar-refractivity contribution in [2.75, 3.05) is 6.54 Å². The molecule has 0 aliphatic rings. The molecule has 0 saturated heterocycles.